The van der Waals surface area contributed by atoms with Gasteiger partial charge in [0, 0.05) is 16.5 Å². The van der Waals surface area contributed by atoms with Crippen molar-refractivity contribution in [2.24, 2.45) is 0 Å². The molecular formula is C23H21NO4S. The van der Waals surface area contributed by atoms with E-state index in [0.29, 0.717) is 10.6 Å². The Labute approximate surface area is 173 Å². The molecule has 0 aliphatic rings. The number of aryl methyl sites for hydroxylation is 1. The molecule has 1 heterocycles. The van der Waals surface area contributed by atoms with Gasteiger partial charge in [0.05, 0.1) is 14.2 Å². The van der Waals surface area contributed by atoms with Crippen LogP contribution in [0.15, 0.2) is 60.7 Å². The predicted molar refractivity (Wildman–Crippen MR) is 116 cm³/mol. The summed E-state index contributed by atoms with van der Waals surface area (Å²) < 4.78 is 10.1. The van der Waals surface area contributed by atoms with Crippen LogP contribution in [0.4, 0.5) is 5.00 Å². The lowest BCUT2D eigenvalue weighted by molar-refractivity contribution is -0.111. The topological polar surface area (TPSA) is 64.6 Å². The summed E-state index contributed by atoms with van der Waals surface area (Å²) in [5.41, 5.74) is 2.90. The highest BCUT2D eigenvalue weighted by atomic mass is 32.1. The van der Waals surface area contributed by atoms with E-state index in [2.05, 4.69) is 5.32 Å². The maximum atomic E-state index is 12.5. The normalized spacial score (nSPS) is 10.7. The third-order valence-electron chi connectivity index (χ3n) is 4.32. The Morgan fingerprint density at radius 2 is 1.69 bits per heavy atom. The van der Waals surface area contributed by atoms with E-state index in [1.165, 1.54) is 24.5 Å². The first kappa shape index (κ1) is 20.4. The molecule has 6 heteroatoms. The first-order valence-corrected chi connectivity index (χ1v) is 9.75. The minimum atomic E-state index is -0.484. The van der Waals surface area contributed by atoms with Crippen molar-refractivity contribution in [2.45, 2.75) is 6.92 Å². The Morgan fingerprint density at radius 1 is 1.00 bits per heavy atom. The molecule has 0 atom stereocenters. The van der Waals surface area contributed by atoms with Crippen molar-refractivity contribution in [3.63, 3.8) is 0 Å². The van der Waals surface area contributed by atoms with Crippen LogP contribution in [0.1, 0.15) is 20.8 Å². The fourth-order valence-electron chi connectivity index (χ4n) is 2.92. The third kappa shape index (κ3) is 4.73. The summed E-state index contributed by atoms with van der Waals surface area (Å²) >= 11 is 1.35. The highest BCUT2D eigenvalue weighted by Crippen LogP contribution is 2.40. The average Bonchev–Trinajstić information content (AvgIpc) is 3.08. The monoisotopic (exact) mass is 407 g/mol. The van der Waals surface area contributed by atoms with Crippen LogP contribution in [0.2, 0.25) is 0 Å². The molecular weight excluding hydrogens is 386 g/mol. The van der Waals surface area contributed by atoms with Gasteiger partial charge in [0.15, 0.2) is 0 Å². The molecule has 1 amide bonds. The van der Waals surface area contributed by atoms with E-state index in [9.17, 15) is 9.59 Å². The fourth-order valence-corrected chi connectivity index (χ4v) is 3.99. The second-order valence-electron chi connectivity index (χ2n) is 6.19. The van der Waals surface area contributed by atoms with Gasteiger partial charge in [-0.1, -0.05) is 42.5 Å². The number of esters is 1. The number of thiophene rings is 1. The zero-order valence-electron chi connectivity index (χ0n) is 16.4. The summed E-state index contributed by atoms with van der Waals surface area (Å²) in [6.45, 7) is 1.92. The summed E-state index contributed by atoms with van der Waals surface area (Å²) in [7, 11) is 2.93. The van der Waals surface area contributed by atoms with Gasteiger partial charge in [0.25, 0.3) is 0 Å². The zero-order chi connectivity index (χ0) is 20.8. The van der Waals surface area contributed by atoms with E-state index < -0.39 is 5.97 Å². The molecule has 0 fully saturated rings. The van der Waals surface area contributed by atoms with Crippen LogP contribution in [0, 0.1) is 6.92 Å². The van der Waals surface area contributed by atoms with Crippen LogP contribution in [-0.2, 0) is 9.53 Å². The second kappa shape index (κ2) is 9.21. The minimum absolute atomic E-state index is 0.327. The molecule has 2 aromatic carbocycles. The number of rotatable bonds is 6. The average molecular weight is 407 g/mol. The molecule has 0 saturated carbocycles. The molecule has 0 bridgehead atoms. The Balaban J connectivity index is 1.87. The van der Waals surface area contributed by atoms with Gasteiger partial charge in [-0.2, -0.15) is 0 Å². The van der Waals surface area contributed by atoms with Crippen molar-refractivity contribution in [2.75, 3.05) is 19.5 Å². The van der Waals surface area contributed by atoms with Crippen molar-refractivity contribution < 1.29 is 19.1 Å². The lowest BCUT2D eigenvalue weighted by Crippen LogP contribution is -2.11. The number of benzene rings is 2. The lowest BCUT2D eigenvalue weighted by Gasteiger charge is -2.07. The molecule has 0 unspecified atom stereocenters. The molecule has 0 radical (unpaired) electrons. The van der Waals surface area contributed by atoms with Gasteiger partial charge in [-0.3, -0.25) is 4.79 Å². The first-order chi connectivity index (χ1) is 14.0. The SMILES string of the molecule is COC(=O)c1c(NC(=O)C=Cc2ccc(OC)cc2)sc(C)c1-c1ccccc1. The number of ether oxygens (including phenoxy) is 2. The summed E-state index contributed by atoms with van der Waals surface area (Å²) in [5.74, 6) is -0.0636. The van der Waals surface area contributed by atoms with Crippen LogP contribution >= 0.6 is 11.3 Å². The largest absolute Gasteiger partial charge is 0.497 e. The standard InChI is InChI=1S/C23H21NO4S/c1-15-20(17-7-5-4-6-8-17)21(23(26)28-3)22(29-15)24-19(25)14-11-16-9-12-18(27-2)13-10-16/h4-14H,1-3H3,(H,24,25). The molecule has 0 aliphatic heterocycles. The summed E-state index contributed by atoms with van der Waals surface area (Å²) in [5, 5.41) is 3.29. The van der Waals surface area contributed by atoms with Crippen molar-refractivity contribution in [1.29, 1.82) is 0 Å². The minimum Gasteiger partial charge on any atom is -0.497 e. The van der Waals surface area contributed by atoms with E-state index in [-0.39, 0.29) is 5.91 Å². The molecule has 3 aromatic rings. The molecule has 1 N–H and O–H groups in total. The number of hydrogen-bond donors (Lipinski definition) is 1. The molecule has 1 aromatic heterocycles. The zero-order valence-corrected chi connectivity index (χ0v) is 17.2. The summed E-state index contributed by atoms with van der Waals surface area (Å²) in [4.78, 5) is 25.8. The molecule has 0 aliphatic carbocycles. The molecule has 3 rings (SSSR count). The Kier molecular flexibility index (Phi) is 6.46. The number of amides is 1. The number of hydrogen-bond acceptors (Lipinski definition) is 5. The van der Waals surface area contributed by atoms with E-state index in [4.69, 9.17) is 9.47 Å². The van der Waals surface area contributed by atoms with Crippen LogP contribution in [0.5, 0.6) is 5.75 Å². The Hall–Kier alpha value is -3.38. The number of carbonyl (C=O) groups is 2. The summed E-state index contributed by atoms with van der Waals surface area (Å²) in [6, 6.07) is 16.9. The quantitative estimate of drug-likeness (QED) is 0.452. The van der Waals surface area contributed by atoms with Crippen LogP contribution in [-0.4, -0.2) is 26.1 Å². The Morgan fingerprint density at radius 3 is 2.31 bits per heavy atom. The van der Waals surface area contributed by atoms with Gasteiger partial charge < -0.3 is 14.8 Å². The molecule has 0 saturated heterocycles. The van der Waals surface area contributed by atoms with Crippen molar-refractivity contribution in [3.8, 4) is 16.9 Å². The highest BCUT2D eigenvalue weighted by Gasteiger charge is 2.24. The van der Waals surface area contributed by atoms with Crippen LogP contribution in [0.3, 0.4) is 0 Å². The van der Waals surface area contributed by atoms with Crippen molar-refractivity contribution >= 4 is 34.3 Å². The van der Waals surface area contributed by atoms with Crippen LogP contribution in [0.25, 0.3) is 17.2 Å². The van der Waals surface area contributed by atoms with Crippen molar-refractivity contribution in [1.82, 2.24) is 0 Å². The van der Waals surface area contributed by atoms with E-state index in [1.807, 2.05) is 61.5 Å². The van der Waals surface area contributed by atoms with Gasteiger partial charge in [0.1, 0.15) is 16.3 Å². The molecule has 148 valence electrons. The fraction of sp³-hybridized carbons (Fsp3) is 0.130. The maximum absolute atomic E-state index is 12.5. The van der Waals surface area contributed by atoms with Gasteiger partial charge >= 0.3 is 5.97 Å². The maximum Gasteiger partial charge on any atom is 0.341 e. The van der Waals surface area contributed by atoms with Gasteiger partial charge in [-0.15, -0.1) is 11.3 Å². The van der Waals surface area contributed by atoms with E-state index >= 15 is 0 Å². The number of carbonyl (C=O) groups excluding carboxylic acids is 2. The smallest absolute Gasteiger partial charge is 0.341 e. The van der Waals surface area contributed by atoms with Gasteiger partial charge in [-0.25, -0.2) is 4.79 Å². The first-order valence-electron chi connectivity index (χ1n) is 8.93. The third-order valence-corrected chi connectivity index (χ3v) is 5.34. The van der Waals surface area contributed by atoms with Crippen LogP contribution < -0.4 is 10.1 Å². The lowest BCUT2D eigenvalue weighted by atomic mass is 10.0. The highest BCUT2D eigenvalue weighted by molar-refractivity contribution is 7.17. The van der Waals surface area contributed by atoms with E-state index in [0.717, 1.165) is 27.3 Å². The molecule has 5 nitrogen and oxygen atoms in total. The molecule has 0 spiro atoms. The second-order valence-corrected chi connectivity index (χ2v) is 7.42. The number of anilines is 1. The predicted octanol–water partition coefficient (Wildman–Crippen LogP) is 5.17. The van der Waals surface area contributed by atoms with Gasteiger partial charge in [-0.05, 0) is 36.3 Å². The Bertz CT molecular complexity index is 1040. The van der Waals surface area contributed by atoms with E-state index in [1.54, 1.807) is 13.2 Å². The number of methoxy groups -OCH3 is 2. The van der Waals surface area contributed by atoms with Crippen molar-refractivity contribution in [3.05, 3.63) is 76.7 Å². The van der Waals surface area contributed by atoms with Gasteiger partial charge in [0.2, 0.25) is 5.91 Å². The molecule has 29 heavy (non-hydrogen) atoms. The summed E-state index contributed by atoms with van der Waals surface area (Å²) in [6.07, 6.45) is 3.13. The number of nitrogens with one attached hydrogen (secondary N) is 1.